The number of rotatable bonds is 6. The van der Waals surface area contributed by atoms with E-state index in [0.717, 1.165) is 36.6 Å². The van der Waals surface area contributed by atoms with Gasteiger partial charge in [0.1, 0.15) is 0 Å². The van der Waals surface area contributed by atoms with Crippen LogP contribution < -0.4 is 5.32 Å². The minimum atomic E-state index is -0.188. The van der Waals surface area contributed by atoms with Gasteiger partial charge in [-0.3, -0.25) is 4.40 Å². The largest absolute Gasteiger partial charge is 0.393 e. The second-order valence-corrected chi connectivity index (χ2v) is 5.88. The van der Waals surface area contributed by atoms with Gasteiger partial charge in [0.25, 0.3) is 0 Å². The zero-order valence-corrected chi connectivity index (χ0v) is 12.0. The molecule has 5 heteroatoms. The second kappa shape index (κ2) is 5.82. The second-order valence-electron chi connectivity index (χ2n) is 4.67. The van der Waals surface area contributed by atoms with Gasteiger partial charge in [-0.15, -0.1) is 11.3 Å². The number of aliphatic hydroxyl groups is 1. The fourth-order valence-electron chi connectivity index (χ4n) is 2.00. The van der Waals surface area contributed by atoms with Gasteiger partial charge < -0.3 is 10.4 Å². The molecular formula is C13H21N3OS. The molecule has 0 aliphatic rings. The highest BCUT2D eigenvalue weighted by molar-refractivity contribution is 7.17. The Bertz CT molecular complexity index is 518. The molecule has 4 nitrogen and oxygen atoms in total. The molecule has 2 aromatic rings. The van der Waals surface area contributed by atoms with Crippen LogP contribution in [-0.4, -0.2) is 27.1 Å². The average Bonchev–Trinajstić information content (AvgIpc) is 2.81. The van der Waals surface area contributed by atoms with Crippen LogP contribution in [-0.2, 0) is 6.54 Å². The zero-order chi connectivity index (χ0) is 13.1. The van der Waals surface area contributed by atoms with Crippen molar-refractivity contribution in [2.75, 3.05) is 6.54 Å². The van der Waals surface area contributed by atoms with Gasteiger partial charge in [-0.05, 0) is 33.2 Å². The lowest BCUT2D eigenvalue weighted by atomic mass is 10.2. The molecule has 2 N–H and O–H groups in total. The van der Waals surface area contributed by atoms with Crippen LogP contribution in [0.25, 0.3) is 4.96 Å². The molecule has 2 aromatic heterocycles. The maximum atomic E-state index is 9.49. The Balaban J connectivity index is 1.96. The van der Waals surface area contributed by atoms with Gasteiger partial charge in [0.15, 0.2) is 4.96 Å². The number of nitrogens with one attached hydrogen (secondary N) is 1. The quantitative estimate of drug-likeness (QED) is 0.789. The number of hydrogen-bond acceptors (Lipinski definition) is 4. The summed E-state index contributed by atoms with van der Waals surface area (Å²) in [4.78, 5) is 6.90. The van der Waals surface area contributed by atoms with E-state index in [1.165, 1.54) is 10.6 Å². The van der Waals surface area contributed by atoms with Crippen molar-refractivity contribution < 1.29 is 5.11 Å². The van der Waals surface area contributed by atoms with Gasteiger partial charge in [-0.2, -0.15) is 0 Å². The monoisotopic (exact) mass is 267 g/mol. The molecule has 2 heterocycles. The lowest BCUT2D eigenvalue weighted by Gasteiger charge is -2.08. The highest BCUT2D eigenvalue weighted by atomic mass is 32.1. The van der Waals surface area contributed by atoms with E-state index in [1.807, 2.05) is 13.8 Å². The molecule has 0 spiro atoms. The number of imidazole rings is 1. The molecule has 0 aromatic carbocycles. The maximum absolute atomic E-state index is 9.49. The molecule has 0 fully saturated rings. The van der Waals surface area contributed by atoms with E-state index in [9.17, 15) is 5.11 Å². The summed E-state index contributed by atoms with van der Waals surface area (Å²) in [7, 11) is 0. The van der Waals surface area contributed by atoms with Crippen molar-refractivity contribution in [2.45, 2.75) is 46.3 Å². The minimum Gasteiger partial charge on any atom is -0.393 e. The van der Waals surface area contributed by atoms with Crippen LogP contribution in [0.2, 0.25) is 0 Å². The summed E-state index contributed by atoms with van der Waals surface area (Å²) in [5.74, 6) is 0. The molecular weight excluding hydrogens is 246 g/mol. The van der Waals surface area contributed by atoms with Crippen molar-refractivity contribution in [3.8, 4) is 0 Å². The molecule has 0 saturated heterocycles. The fraction of sp³-hybridized carbons (Fsp3) is 0.615. The van der Waals surface area contributed by atoms with Gasteiger partial charge in [0, 0.05) is 17.6 Å². The SMILES string of the molecule is CCC(O)CCNCc1c(C)nc2sc(C)cn12. The van der Waals surface area contributed by atoms with Crippen LogP contribution in [0.3, 0.4) is 0 Å². The van der Waals surface area contributed by atoms with Crippen molar-refractivity contribution in [3.63, 3.8) is 0 Å². The summed E-state index contributed by atoms with van der Waals surface area (Å²) in [5.41, 5.74) is 2.31. The number of aryl methyl sites for hydroxylation is 2. The minimum absolute atomic E-state index is 0.188. The first-order chi connectivity index (χ1) is 8.61. The molecule has 1 unspecified atom stereocenters. The lowest BCUT2D eigenvalue weighted by molar-refractivity contribution is 0.159. The van der Waals surface area contributed by atoms with Gasteiger partial charge in [0.2, 0.25) is 0 Å². The number of aliphatic hydroxyl groups excluding tert-OH is 1. The van der Waals surface area contributed by atoms with Crippen molar-refractivity contribution in [1.29, 1.82) is 0 Å². The van der Waals surface area contributed by atoms with Crippen LogP contribution >= 0.6 is 11.3 Å². The Kier molecular flexibility index (Phi) is 4.37. The third-order valence-corrected chi connectivity index (χ3v) is 4.06. The summed E-state index contributed by atoms with van der Waals surface area (Å²) < 4.78 is 2.17. The van der Waals surface area contributed by atoms with E-state index in [0.29, 0.717) is 0 Å². The van der Waals surface area contributed by atoms with Crippen LogP contribution in [0.4, 0.5) is 0 Å². The summed E-state index contributed by atoms with van der Waals surface area (Å²) in [6.45, 7) is 7.80. The van der Waals surface area contributed by atoms with Crippen LogP contribution in [0.15, 0.2) is 6.20 Å². The first-order valence-corrected chi connectivity index (χ1v) is 7.26. The third kappa shape index (κ3) is 2.91. The fourth-order valence-corrected chi connectivity index (χ4v) is 2.89. The highest BCUT2D eigenvalue weighted by Gasteiger charge is 2.10. The van der Waals surface area contributed by atoms with Gasteiger partial charge >= 0.3 is 0 Å². The summed E-state index contributed by atoms with van der Waals surface area (Å²) in [6.07, 6.45) is 3.58. The third-order valence-electron chi connectivity index (χ3n) is 3.16. The molecule has 0 saturated carbocycles. The summed E-state index contributed by atoms with van der Waals surface area (Å²) >= 11 is 1.72. The van der Waals surface area contributed by atoms with E-state index < -0.39 is 0 Å². The van der Waals surface area contributed by atoms with Crippen molar-refractivity contribution in [2.24, 2.45) is 0 Å². The van der Waals surface area contributed by atoms with E-state index >= 15 is 0 Å². The first-order valence-electron chi connectivity index (χ1n) is 6.44. The van der Waals surface area contributed by atoms with Crippen molar-refractivity contribution >= 4 is 16.3 Å². The van der Waals surface area contributed by atoms with Crippen molar-refractivity contribution in [1.82, 2.24) is 14.7 Å². The average molecular weight is 267 g/mol. The Morgan fingerprint density at radius 1 is 1.50 bits per heavy atom. The Morgan fingerprint density at radius 2 is 2.28 bits per heavy atom. The number of aromatic nitrogens is 2. The van der Waals surface area contributed by atoms with E-state index in [1.54, 1.807) is 11.3 Å². The van der Waals surface area contributed by atoms with Crippen LogP contribution in [0.5, 0.6) is 0 Å². The summed E-state index contributed by atoms with van der Waals surface area (Å²) in [6, 6.07) is 0. The Hall–Kier alpha value is -0.910. The predicted molar refractivity (Wildman–Crippen MR) is 75.2 cm³/mol. The molecule has 0 bridgehead atoms. The topological polar surface area (TPSA) is 49.6 Å². The zero-order valence-electron chi connectivity index (χ0n) is 11.2. The Labute approximate surface area is 112 Å². The van der Waals surface area contributed by atoms with Gasteiger partial charge in [-0.1, -0.05) is 6.92 Å². The number of hydrogen-bond donors (Lipinski definition) is 2. The molecule has 100 valence electrons. The molecule has 1 atom stereocenters. The van der Waals surface area contributed by atoms with Crippen LogP contribution in [0, 0.1) is 13.8 Å². The predicted octanol–water partition coefficient (Wildman–Crippen LogP) is 2.26. The van der Waals surface area contributed by atoms with Crippen molar-refractivity contribution in [3.05, 3.63) is 22.5 Å². The maximum Gasteiger partial charge on any atom is 0.194 e. The number of fused-ring (bicyclic) bond motifs is 1. The molecule has 18 heavy (non-hydrogen) atoms. The van der Waals surface area contributed by atoms with Gasteiger partial charge in [0.05, 0.1) is 17.5 Å². The molecule has 0 aliphatic carbocycles. The molecule has 0 aliphatic heterocycles. The van der Waals surface area contributed by atoms with E-state index in [-0.39, 0.29) is 6.10 Å². The normalized spacial score (nSPS) is 13.3. The lowest BCUT2D eigenvalue weighted by Crippen LogP contribution is -2.20. The number of nitrogens with zero attached hydrogens (tertiary/aromatic N) is 2. The summed E-state index contributed by atoms with van der Waals surface area (Å²) in [5, 5.41) is 12.9. The molecule has 2 rings (SSSR count). The highest BCUT2D eigenvalue weighted by Crippen LogP contribution is 2.20. The molecule has 0 radical (unpaired) electrons. The Morgan fingerprint density at radius 3 is 3.00 bits per heavy atom. The standard InChI is InChI=1S/C13H21N3OS/c1-4-11(17)5-6-14-7-12-10(3)15-13-16(12)8-9(2)18-13/h8,11,14,17H,4-7H2,1-3H3. The van der Waals surface area contributed by atoms with E-state index in [2.05, 4.69) is 27.8 Å². The first kappa shape index (κ1) is 13.5. The smallest absolute Gasteiger partial charge is 0.194 e. The van der Waals surface area contributed by atoms with Gasteiger partial charge in [-0.25, -0.2) is 4.98 Å². The van der Waals surface area contributed by atoms with Crippen LogP contribution in [0.1, 0.15) is 36.0 Å². The number of thiazole rings is 1. The van der Waals surface area contributed by atoms with E-state index in [4.69, 9.17) is 0 Å². The molecule has 0 amide bonds.